The third-order valence-electron chi connectivity index (χ3n) is 3.07. The van der Waals surface area contributed by atoms with E-state index >= 15 is 0 Å². The molecule has 0 bridgehead atoms. The first-order valence-electron chi connectivity index (χ1n) is 6.24. The van der Waals surface area contributed by atoms with Gasteiger partial charge in [0.1, 0.15) is 5.82 Å². The Kier molecular flexibility index (Phi) is 6.35. The zero-order valence-electron chi connectivity index (χ0n) is 10.6. The summed E-state index contributed by atoms with van der Waals surface area (Å²) in [6.45, 7) is 5.96. The van der Waals surface area contributed by atoms with Crippen molar-refractivity contribution in [2.75, 3.05) is 23.9 Å². The maximum Gasteiger partial charge on any atom is 0.146 e. The second-order valence-corrected chi connectivity index (χ2v) is 4.78. The minimum atomic E-state index is -0.139. The highest BCUT2D eigenvalue weighted by Crippen LogP contribution is 2.20. The Bertz CT molecular complexity index is 330. The molecule has 0 fully saturated rings. The summed E-state index contributed by atoms with van der Waals surface area (Å²) < 4.78 is 13.6. The molecule has 1 nitrogen and oxygen atoms in total. The number of alkyl halides is 1. The average molecular weight is 258 g/mol. The summed E-state index contributed by atoms with van der Waals surface area (Å²) in [6, 6.07) is 6.96. The van der Waals surface area contributed by atoms with Crippen LogP contribution in [0.15, 0.2) is 24.3 Å². The van der Waals surface area contributed by atoms with Crippen molar-refractivity contribution < 1.29 is 4.39 Å². The van der Waals surface area contributed by atoms with Crippen molar-refractivity contribution in [3.05, 3.63) is 30.1 Å². The van der Waals surface area contributed by atoms with E-state index < -0.39 is 0 Å². The van der Waals surface area contributed by atoms with Crippen molar-refractivity contribution in [2.45, 2.75) is 26.7 Å². The van der Waals surface area contributed by atoms with Gasteiger partial charge in [-0.1, -0.05) is 19.1 Å². The van der Waals surface area contributed by atoms with Gasteiger partial charge in [0.25, 0.3) is 0 Å². The summed E-state index contributed by atoms with van der Waals surface area (Å²) in [4.78, 5) is 2.08. The van der Waals surface area contributed by atoms with Gasteiger partial charge >= 0.3 is 0 Å². The molecule has 0 aliphatic carbocycles. The van der Waals surface area contributed by atoms with E-state index in [9.17, 15) is 4.39 Å². The number of halogens is 2. The molecule has 3 heteroatoms. The molecule has 0 saturated heterocycles. The fourth-order valence-electron chi connectivity index (χ4n) is 1.86. The highest BCUT2D eigenvalue weighted by molar-refractivity contribution is 6.17. The number of anilines is 1. The average Bonchev–Trinajstić information content (AvgIpc) is 2.32. The second-order valence-electron chi connectivity index (χ2n) is 4.40. The summed E-state index contributed by atoms with van der Waals surface area (Å²) in [6.07, 6.45) is 2.07. The van der Waals surface area contributed by atoms with Crippen molar-refractivity contribution in [1.82, 2.24) is 0 Å². The van der Waals surface area contributed by atoms with Crippen LogP contribution in [0, 0.1) is 11.7 Å². The van der Waals surface area contributed by atoms with Crippen LogP contribution in [-0.2, 0) is 0 Å². The highest BCUT2D eigenvalue weighted by Gasteiger charge is 2.10. The zero-order valence-corrected chi connectivity index (χ0v) is 11.4. The molecule has 0 spiro atoms. The fourth-order valence-corrected chi connectivity index (χ4v) is 2.24. The van der Waals surface area contributed by atoms with Gasteiger partial charge in [-0.3, -0.25) is 0 Å². The lowest BCUT2D eigenvalue weighted by atomic mass is 10.0. The third kappa shape index (κ3) is 4.55. The minimum Gasteiger partial charge on any atom is -0.369 e. The standard InChI is InChI=1S/C14H21ClFN/c1-3-17(11-9-12(2)8-10-15)14-7-5-4-6-13(14)16/h4-7,12H,3,8-11H2,1-2H3. The van der Waals surface area contributed by atoms with Crippen LogP contribution >= 0.6 is 11.6 Å². The topological polar surface area (TPSA) is 3.24 Å². The van der Waals surface area contributed by atoms with Crippen LogP contribution in [0.1, 0.15) is 26.7 Å². The minimum absolute atomic E-state index is 0.139. The number of para-hydroxylation sites is 1. The summed E-state index contributed by atoms with van der Waals surface area (Å²) in [5.74, 6) is 1.15. The van der Waals surface area contributed by atoms with Gasteiger partial charge in [-0.15, -0.1) is 11.6 Å². The lowest BCUT2D eigenvalue weighted by Gasteiger charge is -2.25. The van der Waals surface area contributed by atoms with Gasteiger partial charge in [0.05, 0.1) is 5.69 Å². The number of hydrogen-bond acceptors (Lipinski definition) is 1. The van der Waals surface area contributed by atoms with E-state index in [1.54, 1.807) is 6.07 Å². The molecule has 1 aromatic rings. The smallest absolute Gasteiger partial charge is 0.146 e. The molecule has 0 N–H and O–H groups in total. The lowest BCUT2D eigenvalue weighted by Crippen LogP contribution is -2.26. The summed E-state index contributed by atoms with van der Waals surface area (Å²) in [5, 5.41) is 0. The second kappa shape index (κ2) is 7.54. The molecule has 0 heterocycles. The van der Waals surface area contributed by atoms with Crippen LogP contribution in [0.25, 0.3) is 0 Å². The number of nitrogens with zero attached hydrogens (tertiary/aromatic N) is 1. The van der Waals surface area contributed by atoms with E-state index in [4.69, 9.17) is 11.6 Å². The van der Waals surface area contributed by atoms with Crippen LogP contribution in [0.3, 0.4) is 0 Å². The first-order chi connectivity index (χ1) is 8.19. The van der Waals surface area contributed by atoms with Gasteiger partial charge < -0.3 is 4.90 Å². The molecular formula is C14H21ClFN. The molecule has 0 saturated carbocycles. The Morgan fingerprint density at radius 1 is 1.29 bits per heavy atom. The van der Waals surface area contributed by atoms with Crippen molar-refractivity contribution in [3.63, 3.8) is 0 Å². The summed E-state index contributed by atoms with van der Waals surface area (Å²) in [5.41, 5.74) is 0.702. The van der Waals surface area contributed by atoms with Crippen LogP contribution < -0.4 is 4.90 Å². The van der Waals surface area contributed by atoms with E-state index in [2.05, 4.69) is 18.7 Å². The Morgan fingerprint density at radius 3 is 2.59 bits per heavy atom. The molecule has 0 amide bonds. The van der Waals surface area contributed by atoms with Crippen molar-refractivity contribution >= 4 is 17.3 Å². The molecule has 1 unspecified atom stereocenters. The molecule has 0 aliphatic rings. The Morgan fingerprint density at radius 2 is 2.00 bits per heavy atom. The fraction of sp³-hybridized carbons (Fsp3) is 0.571. The molecule has 0 aliphatic heterocycles. The molecule has 1 aromatic carbocycles. The summed E-state index contributed by atoms with van der Waals surface area (Å²) >= 11 is 5.71. The first-order valence-corrected chi connectivity index (χ1v) is 6.78. The van der Waals surface area contributed by atoms with Gasteiger partial charge in [0.2, 0.25) is 0 Å². The lowest BCUT2D eigenvalue weighted by molar-refractivity contribution is 0.511. The van der Waals surface area contributed by atoms with Gasteiger partial charge in [0, 0.05) is 19.0 Å². The van der Waals surface area contributed by atoms with E-state index in [1.165, 1.54) is 6.07 Å². The predicted molar refractivity (Wildman–Crippen MR) is 73.4 cm³/mol. The third-order valence-corrected chi connectivity index (χ3v) is 3.29. The van der Waals surface area contributed by atoms with E-state index in [-0.39, 0.29) is 5.82 Å². The Labute approximate surface area is 109 Å². The molecule has 1 rings (SSSR count). The quantitative estimate of drug-likeness (QED) is 0.658. The molecule has 17 heavy (non-hydrogen) atoms. The van der Waals surface area contributed by atoms with E-state index in [1.807, 2.05) is 12.1 Å². The van der Waals surface area contributed by atoms with E-state index in [0.29, 0.717) is 17.5 Å². The van der Waals surface area contributed by atoms with Crippen LogP contribution in [0.5, 0.6) is 0 Å². The maximum absolute atomic E-state index is 13.6. The monoisotopic (exact) mass is 257 g/mol. The van der Waals surface area contributed by atoms with Gasteiger partial charge in [-0.25, -0.2) is 4.39 Å². The van der Waals surface area contributed by atoms with E-state index in [0.717, 1.165) is 25.9 Å². The number of hydrogen-bond donors (Lipinski definition) is 0. The van der Waals surface area contributed by atoms with Crippen molar-refractivity contribution in [2.24, 2.45) is 5.92 Å². The van der Waals surface area contributed by atoms with Gasteiger partial charge in [-0.2, -0.15) is 0 Å². The molecule has 0 aromatic heterocycles. The zero-order chi connectivity index (χ0) is 12.7. The number of rotatable bonds is 7. The number of benzene rings is 1. The first kappa shape index (κ1) is 14.3. The maximum atomic E-state index is 13.6. The Balaban J connectivity index is 2.57. The predicted octanol–water partition coefficient (Wildman–Crippen LogP) is 4.31. The molecule has 1 atom stereocenters. The molecular weight excluding hydrogens is 237 g/mol. The SMILES string of the molecule is CCN(CCC(C)CCCl)c1ccccc1F. The summed E-state index contributed by atoms with van der Waals surface area (Å²) in [7, 11) is 0. The van der Waals surface area contributed by atoms with Gasteiger partial charge in [0.15, 0.2) is 0 Å². The van der Waals surface area contributed by atoms with Crippen LogP contribution in [-0.4, -0.2) is 19.0 Å². The normalized spacial score (nSPS) is 12.5. The van der Waals surface area contributed by atoms with Crippen LogP contribution in [0.2, 0.25) is 0 Å². The van der Waals surface area contributed by atoms with Gasteiger partial charge in [-0.05, 0) is 37.8 Å². The largest absolute Gasteiger partial charge is 0.369 e. The van der Waals surface area contributed by atoms with Crippen molar-refractivity contribution in [3.8, 4) is 0 Å². The Hall–Kier alpha value is -0.760. The molecule has 96 valence electrons. The van der Waals surface area contributed by atoms with Crippen LogP contribution in [0.4, 0.5) is 10.1 Å². The van der Waals surface area contributed by atoms with Crippen molar-refractivity contribution in [1.29, 1.82) is 0 Å². The molecule has 0 radical (unpaired) electrons. The highest BCUT2D eigenvalue weighted by atomic mass is 35.5.